The Morgan fingerprint density at radius 3 is 2.11 bits per heavy atom. The van der Waals surface area contributed by atoms with Crippen LogP contribution in [0.5, 0.6) is 0 Å². The lowest BCUT2D eigenvalue weighted by Crippen LogP contribution is -2.49. The fourth-order valence-corrected chi connectivity index (χ4v) is 2.91. The Labute approximate surface area is 109 Å². The topological polar surface area (TPSA) is 53.0 Å². The van der Waals surface area contributed by atoms with Crippen molar-refractivity contribution in [2.24, 2.45) is 5.73 Å². The number of nitrogens with zero attached hydrogens (tertiary/aromatic N) is 2. The summed E-state index contributed by atoms with van der Waals surface area (Å²) >= 11 is 0. The summed E-state index contributed by atoms with van der Waals surface area (Å²) in [5.41, 5.74) is 10.6. The molecule has 1 aromatic carbocycles. The molecular weight excluding hydrogens is 222 g/mol. The Bertz CT molecular complexity index is 468. The average Bonchev–Trinajstić information content (AvgIpc) is 2.30. The maximum Gasteiger partial charge on any atom is 0.107 e. The minimum Gasteiger partial charge on any atom is -0.371 e. The van der Waals surface area contributed by atoms with E-state index < -0.39 is 5.54 Å². The van der Waals surface area contributed by atoms with Crippen LogP contribution in [0.15, 0.2) is 12.1 Å². The second kappa shape index (κ2) is 4.62. The van der Waals surface area contributed by atoms with Gasteiger partial charge >= 0.3 is 0 Å². The molecule has 1 fully saturated rings. The zero-order valence-electron chi connectivity index (χ0n) is 11.5. The van der Waals surface area contributed by atoms with Crippen LogP contribution in [0.2, 0.25) is 0 Å². The first kappa shape index (κ1) is 12.9. The van der Waals surface area contributed by atoms with Crippen LogP contribution in [0.25, 0.3) is 0 Å². The molecule has 0 atom stereocenters. The van der Waals surface area contributed by atoms with Gasteiger partial charge in [0.2, 0.25) is 0 Å². The first-order valence-electron chi connectivity index (χ1n) is 6.48. The summed E-state index contributed by atoms with van der Waals surface area (Å²) in [4.78, 5) is 2.37. The van der Waals surface area contributed by atoms with E-state index in [0.29, 0.717) is 0 Å². The van der Waals surface area contributed by atoms with Gasteiger partial charge in [-0.3, -0.25) is 0 Å². The number of anilines is 1. The molecule has 96 valence electrons. The summed E-state index contributed by atoms with van der Waals surface area (Å²) in [6.07, 6.45) is 1.49. The number of nitrogens with two attached hydrogens (primary N) is 1. The highest BCUT2D eigenvalue weighted by molar-refractivity contribution is 5.60. The molecule has 1 aliphatic rings. The van der Waals surface area contributed by atoms with E-state index in [1.807, 2.05) is 0 Å². The van der Waals surface area contributed by atoms with Gasteiger partial charge in [0.15, 0.2) is 0 Å². The molecule has 2 N–H and O–H groups in total. The first-order valence-corrected chi connectivity index (χ1v) is 6.48. The highest BCUT2D eigenvalue weighted by atomic mass is 15.1. The van der Waals surface area contributed by atoms with Gasteiger partial charge in [-0.1, -0.05) is 17.7 Å². The van der Waals surface area contributed by atoms with Gasteiger partial charge in [-0.25, -0.2) is 0 Å². The van der Waals surface area contributed by atoms with Crippen molar-refractivity contribution in [2.75, 3.05) is 18.0 Å². The van der Waals surface area contributed by atoms with Gasteiger partial charge < -0.3 is 10.6 Å². The second-order valence-corrected chi connectivity index (χ2v) is 5.50. The van der Waals surface area contributed by atoms with Gasteiger partial charge in [-0.15, -0.1) is 0 Å². The lowest BCUT2D eigenvalue weighted by molar-refractivity contribution is 0.415. The monoisotopic (exact) mass is 243 g/mol. The smallest absolute Gasteiger partial charge is 0.107 e. The van der Waals surface area contributed by atoms with Crippen LogP contribution >= 0.6 is 0 Å². The van der Waals surface area contributed by atoms with Gasteiger partial charge in [0, 0.05) is 18.8 Å². The number of hydrogen-bond donors (Lipinski definition) is 1. The molecule has 1 aromatic rings. The summed E-state index contributed by atoms with van der Waals surface area (Å²) in [5.74, 6) is 0. The fraction of sp³-hybridized carbons (Fsp3) is 0.533. The summed E-state index contributed by atoms with van der Waals surface area (Å²) in [6.45, 7) is 8.18. The third-order valence-electron chi connectivity index (χ3n) is 3.83. The van der Waals surface area contributed by atoms with E-state index in [0.717, 1.165) is 25.9 Å². The average molecular weight is 243 g/mol. The molecule has 3 heteroatoms. The molecule has 0 bridgehead atoms. The number of nitriles is 1. The Hall–Kier alpha value is -1.53. The number of rotatable bonds is 1. The van der Waals surface area contributed by atoms with E-state index in [2.05, 4.69) is 43.9 Å². The third-order valence-corrected chi connectivity index (χ3v) is 3.83. The van der Waals surface area contributed by atoms with Gasteiger partial charge in [-0.05, 0) is 44.7 Å². The van der Waals surface area contributed by atoms with Crippen LogP contribution in [0.1, 0.15) is 29.5 Å². The Kier molecular flexibility index (Phi) is 3.32. The molecule has 1 aliphatic heterocycles. The fourth-order valence-electron chi connectivity index (χ4n) is 2.91. The maximum atomic E-state index is 9.06. The zero-order valence-corrected chi connectivity index (χ0v) is 11.5. The molecule has 0 unspecified atom stereocenters. The summed E-state index contributed by atoms with van der Waals surface area (Å²) in [5, 5.41) is 9.06. The molecule has 0 radical (unpaired) electrons. The normalized spacial score (nSPS) is 18.5. The molecule has 0 aromatic heterocycles. The molecule has 1 heterocycles. The molecule has 2 rings (SSSR count). The number of piperidine rings is 1. The Balaban J connectivity index is 2.23. The zero-order chi connectivity index (χ0) is 13.3. The number of benzene rings is 1. The lowest BCUT2D eigenvalue weighted by atomic mass is 9.89. The van der Waals surface area contributed by atoms with Crippen molar-refractivity contribution in [3.8, 4) is 6.07 Å². The number of aryl methyl sites for hydroxylation is 3. The molecule has 0 saturated carbocycles. The van der Waals surface area contributed by atoms with Gasteiger partial charge in [0.1, 0.15) is 5.54 Å². The minimum atomic E-state index is -0.622. The molecular formula is C15H21N3. The molecule has 1 saturated heterocycles. The summed E-state index contributed by atoms with van der Waals surface area (Å²) in [7, 11) is 0. The van der Waals surface area contributed by atoms with Crippen LogP contribution in [-0.4, -0.2) is 18.6 Å². The van der Waals surface area contributed by atoms with E-state index in [1.165, 1.54) is 22.4 Å². The molecule has 0 amide bonds. The van der Waals surface area contributed by atoms with Crippen LogP contribution in [0.3, 0.4) is 0 Å². The van der Waals surface area contributed by atoms with Gasteiger partial charge in [-0.2, -0.15) is 5.26 Å². The van der Waals surface area contributed by atoms with Crippen molar-refractivity contribution >= 4 is 5.69 Å². The highest BCUT2D eigenvalue weighted by Crippen LogP contribution is 2.30. The van der Waals surface area contributed by atoms with Crippen molar-refractivity contribution in [3.05, 3.63) is 28.8 Å². The van der Waals surface area contributed by atoms with Gasteiger partial charge in [0.25, 0.3) is 0 Å². The quantitative estimate of drug-likeness (QED) is 0.824. The van der Waals surface area contributed by atoms with Crippen molar-refractivity contribution in [3.63, 3.8) is 0 Å². The van der Waals surface area contributed by atoms with Crippen LogP contribution in [0.4, 0.5) is 5.69 Å². The number of hydrogen-bond acceptors (Lipinski definition) is 3. The largest absolute Gasteiger partial charge is 0.371 e. The van der Waals surface area contributed by atoms with Crippen LogP contribution < -0.4 is 10.6 Å². The predicted octanol–water partition coefficient (Wildman–Crippen LogP) is 2.43. The molecule has 3 nitrogen and oxygen atoms in total. The van der Waals surface area contributed by atoms with E-state index in [-0.39, 0.29) is 0 Å². The van der Waals surface area contributed by atoms with E-state index in [1.54, 1.807) is 0 Å². The molecule has 0 aliphatic carbocycles. The predicted molar refractivity (Wildman–Crippen MR) is 74.6 cm³/mol. The maximum absolute atomic E-state index is 9.06. The van der Waals surface area contributed by atoms with E-state index >= 15 is 0 Å². The molecule has 18 heavy (non-hydrogen) atoms. The van der Waals surface area contributed by atoms with E-state index in [9.17, 15) is 0 Å². The minimum absolute atomic E-state index is 0.622. The summed E-state index contributed by atoms with van der Waals surface area (Å²) in [6, 6.07) is 6.68. The Morgan fingerprint density at radius 2 is 1.67 bits per heavy atom. The van der Waals surface area contributed by atoms with Crippen molar-refractivity contribution in [1.29, 1.82) is 5.26 Å². The first-order chi connectivity index (χ1) is 8.45. The Morgan fingerprint density at radius 1 is 1.17 bits per heavy atom. The van der Waals surface area contributed by atoms with Gasteiger partial charge in [0.05, 0.1) is 6.07 Å². The second-order valence-electron chi connectivity index (χ2n) is 5.50. The van der Waals surface area contributed by atoms with E-state index in [4.69, 9.17) is 11.0 Å². The third kappa shape index (κ3) is 2.34. The van der Waals surface area contributed by atoms with Crippen molar-refractivity contribution in [2.45, 2.75) is 39.2 Å². The summed E-state index contributed by atoms with van der Waals surface area (Å²) < 4.78 is 0. The van der Waals surface area contributed by atoms with Crippen molar-refractivity contribution in [1.82, 2.24) is 0 Å². The van der Waals surface area contributed by atoms with Crippen LogP contribution in [0, 0.1) is 32.1 Å². The standard InChI is InChI=1S/C15H21N3/c1-11-8-12(2)14(13(3)9-11)18-6-4-15(17,10-16)5-7-18/h8-9H,4-7,17H2,1-3H3. The van der Waals surface area contributed by atoms with Crippen LogP contribution in [-0.2, 0) is 0 Å². The lowest BCUT2D eigenvalue weighted by Gasteiger charge is -2.37. The van der Waals surface area contributed by atoms with Crippen molar-refractivity contribution < 1.29 is 0 Å². The highest BCUT2D eigenvalue weighted by Gasteiger charge is 2.31. The SMILES string of the molecule is Cc1cc(C)c(N2CCC(N)(C#N)CC2)c(C)c1. The molecule has 0 spiro atoms.